The summed E-state index contributed by atoms with van der Waals surface area (Å²) in [6.45, 7) is 5.82. The first-order chi connectivity index (χ1) is 8.63. The van der Waals surface area contributed by atoms with Crippen LogP contribution in [0, 0.1) is 13.8 Å². The number of amides is 1. The Bertz CT molecular complexity index is 442. The van der Waals surface area contributed by atoms with Gasteiger partial charge in [0.25, 0.3) is 5.91 Å². The third-order valence-corrected chi connectivity index (χ3v) is 3.70. The van der Waals surface area contributed by atoms with E-state index in [9.17, 15) is 4.79 Å². The van der Waals surface area contributed by atoms with E-state index in [1.807, 2.05) is 37.9 Å². The molecular weight excluding hydrogens is 224 g/mol. The highest BCUT2D eigenvalue weighted by Crippen LogP contribution is 2.21. The Labute approximate surface area is 109 Å². The van der Waals surface area contributed by atoms with E-state index >= 15 is 0 Å². The summed E-state index contributed by atoms with van der Waals surface area (Å²) in [5.74, 6) is 0.189. The smallest absolute Gasteiger partial charge is 0.254 e. The molecule has 1 heterocycles. The van der Waals surface area contributed by atoms with Crippen molar-refractivity contribution in [2.75, 3.05) is 20.1 Å². The molecule has 1 aliphatic rings. The number of likely N-dealkylation sites (tertiary alicyclic amines) is 1. The summed E-state index contributed by atoms with van der Waals surface area (Å²) in [6, 6.07) is 6.45. The van der Waals surface area contributed by atoms with Crippen molar-refractivity contribution < 1.29 is 4.79 Å². The first-order valence-electron chi connectivity index (χ1n) is 6.66. The third kappa shape index (κ3) is 2.56. The monoisotopic (exact) mass is 246 g/mol. The molecule has 1 aliphatic heterocycles. The van der Waals surface area contributed by atoms with E-state index in [4.69, 9.17) is 0 Å². The lowest BCUT2D eigenvalue weighted by atomic mass is 10.0. The second-order valence-corrected chi connectivity index (χ2v) is 5.17. The van der Waals surface area contributed by atoms with Gasteiger partial charge in [0.1, 0.15) is 0 Å². The van der Waals surface area contributed by atoms with Crippen LogP contribution >= 0.6 is 0 Å². The summed E-state index contributed by atoms with van der Waals surface area (Å²) in [6.07, 6.45) is 2.22. The number of nitrogens with zero attached hydrogens (tertiary/aromatic N) is 1. The molecule has 1 atom stereocenters. The van der Waals surface area contributed by atoms with Gasteiger partial charge in [0, 0.05) is 24.7 Å². The Hall–Kier alpha value is -1.35. The number of aryl methyl sites for hydroxylation is 2. The van der Waals surface area contributed by atoms with Crippen LogP contribution in [-0.2, 0) is 0 Å². The SMILES string of the molecule is CNC[C@@H]1CCCN1C(=O)c1cc(C)ccc1C. The normalized spacial score (nSPS) is 19.3. The van der Waals surface area contributed by atoms with Crippen LogP contribution in [0.4, 0.5) is 0 Å². The van der Waals surface area contributed by atoms with Crippen molar-refractivity contribution in [1.29, 1.82) is 0 Å². The van der Waals surface area contributed by atoms with Gasteiger partial charge in [0.15, 0.2) is 0 Å². The Morgan fingerprint density at radius 2 is 2.22 bits per heavy atom. The van der Waals surface area contributed by atoms with E-state index < -0.39 is 0 Å². The first kappa shape index (κ1) is 13.1. The second kappa shape index (κ2) is 5.53. The minimum Gasteiger partial charge on any atom is -0.334 e. The fraction of sp³-hybridized carbons (Fsp3) is 0.533. The zero-order chi connectivity index (χ0) is 13.1. The van der Waals surface area contributed by atoms with Gasteiger partial charge in [-0.15, -0.1) is 0 Å². The van der Waals surface area contributed by atoms with Crippen molar-refractivity contribution in [3.63, 3.8) is 0 Å². The van der Waals surface area contributed by atoms with Crippen LogP contribution in [0.2, 0.25) is 0 Å². The molecule has 3 heteroatoms. The average Bonchev–Trinajstić information content (AvgIpc) is 2.80. The Kier molecular flexibility index (Phi) is 4.02. The fourth-order valence-corrected chi connectivity index (χ4v) is 2.67. The molecule has 1 aromatic carbocycles. The van der Waals surface area contributed by atoms with Crippen molar-refractivity contribution in [2.45, 2.75) is 32.7 Å². The summed E-state index contributed by atoms with van der Waals surface area (Å²) >= 11 is 0. The molecule has 18 heavy (non-hydrogen) atoms. The van der Waals surface area contributed by atoms with Gasteiger partial charge in [0.2, 0.25) is 0 Å². The van der Waals surface area contributed by atoms with E-state index in [1.54, 1.807) is 0 Å². The molecule has 1 N–H and O–H groups in total. The molecule has 1 amide bonds. The summed E-state index contributed by atoms with van der Waals surface area (Å²) in [7, 11) is 1.94. The van der Waals surface area contributed by atoms with Crippen molar-refractivity contribution in [2.24, 2.45) is 0 Å². The van der Waals surface area contributed by atoms with Gasteiger partial charge in [-0.2, -0.15) is 0 Å². The maximum atomic E-state index is 12.6. The maximum Gasteiger partial charge on any atom is 0.254 e. The Morgan fingerprint density at radius 3 is 2.94 bits per heavy atom. The number of rotatable bonds is 3. The van der Waals surface area contributed by atoms with Crippen LogP contribution in [-0.4, -0.2) is 37.0 Å². The lowest BCUT2D eigenvalue weighted by Crippen LogP contribution is -2.41. The minimum atomic E-state index is 0.189. The molecular formula is C15H22N2O. The number of likely N-dealkylation sites (N-methyl/N-ethyl adjacent to an activating group) is 1. The third-order valence-electron chi connectivity index (χ3n) is 3.70. The van der Waals surface area contributed by atoms with E-state index in [1.165, 1.54) is 0 Å². The van der Waals surface area contributed by atoms with Crippen LogP contribution in [0.15, 0.2) is 18.2 Å². The molecule has 1 saturated heterocycles. The first-order valence-corrected chi connectivity index (χ1v) is 6.66. The lowest BCUT2D eigenvalue weighted by molar-refractivity contribution is 0.0736. The van der Waals surface area contributed by atoms with Crippen molar-refractivity contribution in [3.05, 3.63) is 34.9 Å². The highest BCUT2D eigenvalue weighted by Gasteiger charge is 2.29. The summed E-state index contributed by atoms with van der Waals surface area (Å²) in [5.41, 5.74) is 3.08. The molecule has 0 aromatic heterocycles. The van der Waals surface area contributed by atoms with Crippen LogP contribution in [0.3, 0.4) is 0 Å². The molecule has 0 bridgehead atoms. The van der Waals surface area contributed by atoms with Crippen LogP contribution in [0.1, 0.15) is 34.3 Å². The van der Waals surface area contributed by atoms with Gasteiger partial charge in [-0.3, -0.25) is 4.79 Å². The largest absolute Gasteiger partial charge is 0.334 e. The standard InChI is InChI=1S/C15H22N2O/c1-11-6-7-12(2)14(9-11)15(18)17-8-4-5-13(17)10-16-3/h6-7,9,13,16H,4-5,8,10H2,1-3H3/t13-/m0/s1. The molecule has 1 fully saturated rings. The molecule has 98 valence electrons. The molecule has 3 nitrogen and oxygen atoms in total. The molecule has 0 saturated carbocycles. The minimum absolute atomic E-state index is 0.189. The van der Waals surface area contributed by atoms with Crippen LogP contribution in [0.5, 0.6) is 0 Å². The number of hydrogen-bond donors (Lipinski definition) is 1. The molecule has 0 radical (unpaired) electrons. The topological polar surface area (TPSA) is 32.3 Å². The quantitative estimate of drug-likeness (QED) is 0.886. The molecule has 0 spiro atoms. The van der Waals surface area contributed by atoms with E-state index in [0.29, 0.717) is 6.04 Å². The summed E-state index contributed by atoms with van der Waals surface area (Å²) < 4.78 is 0. The van der Waals surface area contributed by atoms with Gasteiger partial charge >= 0.3 is 0 Å². The predicted octanol–water partition coefficient (Wildman–Crippen LogP) is 2.13. The zero-order valence-corrected chi connectivity index (χ0v) is 11.5. The van der Waals surface area contributed by atoms with Gasteiger partial charge in [-0.25, -0.2) is 0 Å². The van der Waals surface area contributed by atoms with Crippen LogP contribution in [0.25, 0.3) is 0 Å². The number of hydrogen-bond acceptors (Lipinski definition) is 2. The molecule has 0 aliphatic carbocycles. The zero-order valence-electron chi connectivity index (χ0n) is 11.5. The number of carbonyl (C=O) groups is 1. The fourth-order valence-electron chi connectivity index (χ4n) is 2.67. The summed E-state index contributed by atoms with van der Waals surface area (Å²) in [4.78, 5) is 14.6. The molecule has 2 rings (SSSR count). The van der Waals surface area contributed by atoms with Crippen molar-refractivity contribution in [3.8, 4) is 0 Å². The number of benzene rings is 1. The van der Waals surface area contributed by atoms with Gasteiger partial charge < -0.3 is 10.2 Å². The van der Waals surface area contributed by atoms with Crippen molar-refractivity contribution >= 4 is 5.91 Å². The number of nitrogens with one attached hydrogen (secondary N) is 1. The highest BCUT2D eigenvalue weighted by atomic mass is 16.2. The van der Waals surface area contributed by atoms with E-state index in [0.717, 1.165) is 42.6 Å². The van der Waals surface area contributed by atoms with Crippen LogP contribution < -0.4 is 5.32 Å². The molecule has 1 aromatic rings. The number of carbonyl (C=O) groups excluding carboxylic acids is 1. The van der Waals surface area contributed by atoms with Crippen molar-refractivity contribution in [1.82, 2.24) is 10.2 Å². The average molecular weight is 246 g/mol. The molecule has 0 unspecified atom stereocenters. The Balaban J connectivity index is 2.22. The highest BCUT2D eigenvalue weighted by molar-refractivity contribution is 5.96. The predicted molar refractivity (Wildman–Crippen MR) is 73.9 cm³/mol. The van der Waals surface area contributed by atoms with Gasteiger partial charge in [-0.05, 0) is 45.4 Å². The maximum absolute atomic E-state index is 12.6. The van der Waals surface area contributed by atoms with Gasteiger partial charge in [-0.1, -0.05) is 17.7 Å². The lowest BCUT2D eigenvalue weighted by Gasteiger charge is -2.25. The van der Waals surface area contributed by atoms with E-state index in [2.05, 4.69) is 11.4 Å². The summed E-state index contributed by atoms with van der Waals surface area (Å²) in [5, 5.41) is 3.18. The second-order valence-electron chi connectivity index (χ2n) is 5.17. The van der Waals surface area contributed by atoms with Gasteiger partial charge in [0.05, 0.1) is 0 Å². The van der Waals surface area contributed by atoms with E-state index in [-0.39, 0.29) is 5.91 Å². The Morgan fingerprint density at radius 1 is 1.44 bits per heavy atom.